The molecule has 6 heteroatoms. The van der Waals surface area contributed by atoms with Gasteiger partial charge < -0.3 is 28.8 Å². The lowest BCUT2D eigenvalue weighted by atomic mass is 9.88. The van der Waals surface area contributed by atoms with Crippen LogP contribution in [0.25, 0.3) is 0 Å². The predicted octanol–water partition coefficient (Wildman–Crippen LogP) is 24.9. The van der Waals surface area contributed by atoms with Crippen molar-refractivity contribution in [2.24, 2.45) is 32.5 Å². The zero-order chi connectivity index (χ0) is 69.3. The fourth-order valence-corrected chi connectivity index (χ4v) is 8.93. The number of phenolic OH excluding ortho intramolecular Hbond substituents is 1. The van der Waals surface area contributed by atoms with E-state index in [0.717, 1.165) is 92.5 Å². The van der Waals surface area contributed by atoms with Crippen molar-refractivity contribution < 1.29 is 28.8 Å². The molecule has 0 saturated carbocycles. The number of methoxy groups -OCH3 is 1. The molecule has 1 N–H and O–H groups in total. The number of benzene rings is 6. The lowest BCUT2D eigenvalue weighted by molar-refractivity contribution is 0.129. The highest BCUT2D eigenvalue weighted by molar-refractivity contribution is 5.36. The first-order valence-electron chi connectivity index (χ1n) is 34.2. The van der Waals surface area contributed by atoms with Crippen LogP contribution in [0.1, 0.15) is 252 Å². The maximum absolute atomic E-state index is 9.51. The summed E-state index contributed by atoms with van der Waals surface area (Å²) in [6.45, 7) is 58.8. The molecule has 0 aliphatic rings. The molecule has 0 aromatic heterocycles. The molecule has 6 nitrogen and oxygen atoms in total. The van der Waals surface area contributed by atoms with Gasteiger partial charge in [-0.15, -0.1) is 0 Å². The molecular formula is C85H134O6. The van der Waals surface area contributed by atoms with E-state index in [9.17, 15) is 5.11 Å². The fourth-order valence-electron chi connectivity index (χ4n) is 8.93. The van der Waals surface area contributed by atoms with Crippen molar-refractivity contribution >= 4 is 0 Å². The second-order valence-electron chi connectivity index (χ2n) is 33.6. The first kappa shape index (κ1) is 83.1. The van der Waals surface area contributed by atoms with E-state index < -0.39 is 0 Å². The molecule has 0 unspecified atom stereocenters. The van der Waals surface area contributed by atoms with E-state index in [4.69, 9.17) is 23.7 Å². The van der Waals surface area contributed by atoms with Crippen LogP contribution < -0.4 is 23.7 Å². The van der Waals surface area contributed by atoms with Crippen LogP contribution in [-0.4, -0.2) is 36.6 Å². The van der Waals surface area contributed by atoms with Gasteiger partial charge in [0.25, 0.3) is 0 Å². The predicted molar refractivity (Wildman–Crippen MR) is 397 cm³/mol. The van der Waals surface area contributed by atoms with Crippen molar-refractivity contribution in [3.63, 3.8) is 0 Å². The van der Waals surface area contributed by atoms with E-state index >= 15 is 0 Å². The Morgan fingerprint density at radius 1 is 0.297 bits per heavy atom. The average molecular weight is 1250 g/mol. The second kappa shape index (κ2) is 39.6. The van der Waals surface area contributed by atoms with Gasteiger partial charge in [-0.25, -0.2) is 0 Å². The smallest absolute Gasteiger partial charge is 0.123 e. The van der Waals surface area contributed by atoms with Crippen LogP contribution in [-0.2, 0) is 38.5 Å². The van der Waals surface area contributed by atoms with Crippen LogP contribution >= 0.6 is 0 Å². The third kappa shape index (κ3) is 45.1. The van der Waals surface area contributed by atoms with Gasteiger partial charge in [-0.3, -0.25) is 0 Å². The molecule has 0 aliphatic heterocycles. The normalized spacial score (nSPS) is 11.9. The molecule has 0 spiro atoms. The van der Waals surface area contributed by atoms with Crippen LogP contribution in [0.4, 0.5) is 0 Å². The van der Waals surface area contributed by atoms with Gasteiger partial charge in [-0.1, -0.05) is 222 Å². The molecule has 0 fully saturated rings. The number of aromatic hydroxyl groups is 1. The lowest BCUT2D eigenvalue weighted by Gasteiger charge is -2.24. The molecule has 0 radical (unpaired) electrons. The summed E-state index contributed by atoms with van der Waals surface area (Å²) in [5.74, 6) is 5.48. The molecule has 0 bridgehead atoms. The summed E-state index contributed by atoms with van der Waals surface area (Å²) >= 11 is 0. The zero-order valence-electron chi connectivity index (χ0n) is 63.2. The number of ether oxygens (including phenoxy) is 5. The van der Waals surface area contributed by atoms with E-state index in [2.05, 4.69) is 251 Å². The Bertz CT molecular complexity index is 2870. The maximum Gasteiger partial charge on any atom is 0.123 e. The Morgan fingerprint density at radius 2 is 0.604 bits per heavy atom. The molecule has 91 heavy (non-hydrogen) atoms. The summed E-state index contributed by atoms with van der Waals surface area (Å²) in [7, 11) is 1.73. The molecule has 0 heterocycles. The van der Waals surface area contributed by atoms with Crippen LogP contribution in [0.15, 0.2) is 146 Å². The number of phenols is 1. The monoisotopic (exact) mass is 1250 g/mol. The Morgan fingerprint density at radius 3 is 0.978 bits per heavy atom. The Hall–Kier alpha value is -5.88. The molecule has 0 saturated heterocycles. The second-order valence-corrected chi connectivity index (χ2v) is 33.6. The Kier molecular flexibility index (Phi) is 36.2. The molecule has 0 atom stereocenters. The molecule has 6 aromatic carbocycles. The number of hydrogen-bond donors (Lipinski definition) is 1. The number of aryl methyl sites for hydroxylation is 6. The zero-order valence-corrected chi connectivity index (χ0v) is 63.2. The topological polar surface area (TPSA) is 66.4 Å². The lowest BCUT2D eigenvalue weighted by Crippen LogP contribution is -2.23. The van der Waals surface area contributed by atoms with Crippen molar-refractivity contribution in [2.75, 3.05) is 20.3 Å². The molecular weight excluding hydrogens is 1120 g/mol. The van der Waals surface area contributed by atoms with Gasteiger partial charge in [0.15, 0.2) is 0 Å². The van der Waals surface area contributed by atoms with Gasteiger partial charge in [0, 0.05) is 0 Å². The van der Waals surface area contributed by atoms with E-state index in [-0.39, 0.29) is 11.2 Å². The molecule has 6 aromatic rings. The molecule has 0 amide bonds. The highest BCUT2D eigenvalue weighted by Gasteiger charge is 2.19. The number of rotatable bonds is 19. The third-order valence-electron chi connectivity index (χ3n) is 14.3. The quantitative estimate of drug-likeness (QED) is 0.0872. The largest absolute Gasteiger partial charge is 0.508 e. The van der Waals surface area contributed by atoms with E-state index in [1.165, 1.54) is 59.9 Å². The molecule has 510 valence electrons. The van der Waals surface area contributed by atoms with E-state index in [1.807, 2.05) is 68.4 Å². The van der Waals surface area contributed by atoms with Crippen LogP contribution in [0.3, 0.4) is 0 Å². The number of para-hydroxylation sites is 4. The summed E-state index contributed by atoms with van der Waals surface area (Å²) in [6, 6.07) is 49.4. The van der Waals surface area contributed by atoms with Gasteiger partial charge >= 0.3 is 0 Å². The van der Waals surface area contributed by atoms with E-state index in [0.29, 0.717) is 38.2 Å². The van der Waals surface area contributed by atoms with Crippen LogP contribution in [0, 0.1) is 32.5 Å². The summed E-state index contributed by atoms with van der Waals surface area (Å²) < 4.78 is 28.3. The van der Waals surface area contributed by atoms with Crippen LogP contribution in [0.5, 0.6) is 34.5 Å². The van der Waals surface area contributed by atoms with Gasteiger partial charge in [-0.2, -0.15) is 0 Å². The van der Waals surface area contributed by atoms with Crippen molar-refractivity contribution in [1.29, 1.82) is 0 Å². The molecule has 0 aliphatic carbocycles. The van der Waals surface area contributed by atoms with Crippen LogP contribution in [0.2, 0.25) is 0 Å². The average Bonchev–Trinajstić information content (AvgIpc) is 1.27. The highest BCUT2D eigenvalue weighted by Crippen LogP contribution is 2.32. The minimum atomic E-state index is -0.127. The van der Waals surface area contributed by atoms with Gasteiger partial charge in [-0.05, 0) is 247 Å². The van der Waals surface area contributed by atoms with Gasteiger partial charge in [0.05, 0.1) is 20.3 Å². The SMILES string of the molecule is CC(C)(C)CCc1cccc(OC(C)(C)C)c1.CC(C)(C)CCc1ccccc1O.CC(C)(C)CCc1ccccc1OC(C)(C)C.CCOc1cccc(CCC(C)(C)C)c1.CCOc1ccccc1CCC(C)(C)C.COc1ccccc1CCC(C)(C)C. The summed E-state index contributed by atoms with van der Waals surface area (Å²) in [6.07, 6.45) is 13.5. The Balaban J connectivity index is 0.000000547. The van der Waals surface area contributed by atoms with Crippen molar-refractivity contribution in [3.05, 3.63) is 179 Å². The minimum Gasteiger partial charge on any atom is -0.508 e. The standard InChI is InChI=1S/2C16H26O.2C14H22O.C13H20O.C12H18O/c1-15(2,3)11-10-13-8-7-9-14(12-13)17-16(4,5)6;1-15(2,3)12-11-13-9-7-8-10-14(13)17-16(4,5)6;1-5-15-13-8-6-7-12(11-13)9-10-14(2,3)4;1-5-15-13-9-7-6-8-12(13)10-11-14(2,3)4;1-13(2,3)10-9-11-7-5-6-8-12(11)14-4;1-12(2,3)9-8-10-6-4-5-7-11(10)13/h7-9,12H,10-11H2,1-6H3;7-10H,11-12H2,1-6H3;6-8,11H,5,9-10H2,1-4H3;6-9H,5,10-11H2,1-4H3;5-8H,9-10H2,1-4H3;4-7,13H,8-9H2,1-3H3. The van der Waals surface area contributed by atoms with Crippen molar-refractivity contribution in [2.45, 2.75) is 268 Å². The summed E-state index contributed by atoms with van der Waals surface area (Å²) in [4.78, 5) is 0. The number of hydrogen-bond acceptors (Lipinski definition) is 6. The van der Waals surface area contributed by atoms with Crippen molar-refractivity contribution in [3.8, 4) is 34.5 Å². The van der Waals surface area contributed by atoms with Crippen molar-refractivity contribution in [1.82, 2.24) is 0 Å². The van der Waals surface area contributed by atoms with E-state index in [1.54, 1.807) is 13.2 Å². The first-order chi connectivity index (χ1) is 41.9. The Labute approximate surface area is 560 Å². The van der Waals surface area contributed by atoms with Gasteiger partial charge in [0.1, 0.15) is 45.7 Å². The summed E-state index contributed by atoms with van der Waals surface area (Å²) in [5.41, 5.74) is 9.77. The fraction of sp³-hybridized carbons (Fsp3) is 0.576. The summed E-state index contributed by atoms with van der Waals surface area (Å²) in [5, 5.41) is 9.51. The highest BCUT2D eigenvalue weighted by atomic mass is 16.5. The maximum atomic E-state index is 9.51. The molecule has 6 rings (SSSR count). The third-order valence-corrected chi connectivity index (χ3v) is 14.3. The minimum absolute atomic E-state index is 0.122. The first-order valence-corrected chi connectivity index (χ1v) is 34.2. The van der Waals surface area contributed by atoms with Gasteiger partial charge in [0.2, 0.25) is 0 Å².